The van der Waals surface area contributed by atoms with E-state index in [0.29, 0.717) is 13.0 Å². The van der Waals surface area contributed by atoms with Crippen LogP contribution in [0.2, 0.25) is 0 Å². The molecule has 1 aromatic rings. The summed E-state index contributed by atoms with van der Waals surface area (Å²) in [6, 6.07) is 0.874. The van der Waals surface area contributed by atoms with Crippen LogP contribution in [0.5, 0.6) is 0 Å². The Hall–Kier alpha value is -1.52. The van der Waals surface area contributed by atoms with Crippen LogP contribution >= 0.6 is 0 Å². The van der Waals surface area contributed by atoms with Crippen LogP contribution in [0.4, 0.5) is 0 Å². The number of nitrogens with zero attached hydrogens (tertiary/aromatic N) is 2. The van der Waals surface area contributed by atoms with Crippen molar-refractivity contribution in [3.05, 3.63) is 22.7 Å². The minimum absolute atomic E-state index is 0.0583. The van der Waals surface area contributed by atoms with Gasteiger partial charge in [0.05, 0.1) is 0 Å². The van der Waals surface area contributed by atoms with Gasteiger partial charge in [-0.1, -0.05) is 0 Å². The third kappa shape index (κ3) is 1.16. The maximum Gasteiger partial charge on any atom is 0.283 e. The van der Waals surface area contributed by atoms with E-state index in [9.17, 15) is 9.59 Å². The highest BCUT2D eigenvalue weighted by Crippen LogP contribution is 2.19. The molecule has 2 rings (SSSR count). The van der Waals surface area contributed by atoms with Crippen molar-refractivity contribution < 1.29 is 9.32 Å². The maximum atomic E-state index is 11.5. The molecular weight excluding hydrogens is 172 g/mol. The van der Waals surface area contributed by atoms with Crippen molar-refractivity contribution in [2.45, 2.75) is 12.5 Å². The molecule has 1 unspecified atom stereocenters. The summed E-state index contributed by atoms with van der Waals surface area (Å²) in [5.74, 6) is -0.0583. The number of rotatable bonds is 1. The van der Waals surface area contributed by atoms with E-state index in [-0.39, 0.29) is 11.5 Å². The quantitative estimate of drug-likeness (QED) is 0.606. The molecule has 0 aliphatic carbocycles. The summed E-state index contributed by atoms with van der Waals surface area (Å²) < 4.78 is 6.05. The zero-order valence-corrected chi connectivity index (χ0v) is 7.27. The molecule has 2 heterocycles. The molecule has 0 bridgehead atoms. The molecular formula is C8H10N2O3. The van der Waals surface area contributed by atoms with E-state index >= 15 is 0 Å². The molecule has 1 saturated heterocycles. The minimum Gasteiger partial charge on any atom is -0.383 e. The van der Waals surface area contributed by atoms with Crippen LogP contribution < -0.4 is 5.56 Å². The smallest absolute Gasteiger partial charge is 0.283 e. The topological polar surface area (TPSA) is 55.5 Å². The SMILES string of the molecule is CN1CCC(n2occc2=O)C1=O. The van der Waals surface area contributed by atoms with Crippen molar-refractivity contribution in [2.24, 2.45) is 0 Å². The van der Waals surface area contributed by atoms with Crippen molar-refractivity contribution >= 4 is 5.91 Å². The summed E-state index contributed by atoms with van der Waals surface area (Å²) in [5, 5.41) is 0. The summed E-state index contributed by atoms with van der Waals surface area (Å²) in [4.78, 5) is 24.2. The van der Waals surface area contributed by atoms with Gasteiger partial charge in [-0.05, 0) is 6.42 Å². The number of carbonyl (C=O) groups is 1. The first-order valence-electron chi connectivity index (χ1n) is 4.11. The molecule has 0 aromatic carbocycles. The zero-order chi connectivity index (χ0) is 9.42. The highest BCUT2D eigenvalue weighted by atomic mass is 16.5. The third-order valence-electron chi connectivity index (χ3n) is 2.28. The molecule has 0 spiro atoms. The van der Waals surface area contributed by atoms with E-state index in [1.54, 1.807) is 11.9 Å². The van der Waals surface area contributed by atoms with Crippen LogP contribution in [0.1, 0.15) is 12.5 Å². The Balaban J connectivity index is 2.34. The van der Waals surface area contributed by atoms with Gasteiger partial charge in [0.2, 0.25) is 5.91 Å². The lowest BCUT2D eigenvalue weighted by Gasteiger charge is -2.08. The number of likely N-dealkylation sites (N-methyl/N-ethyl adjacent to an activating group) is 1. The Morgan fingerprint density at radius 1 is 1.54 bits per heavy atom. The van der Waals surface area contributed by atoms with Gasteiger partial charge in [0.15, 0.2) is 6.04 Å². The number of aromatic nitrogens is 1. The highest BCUT2D eigenvalue weighted by molar-refractivity contribution is 5.81. The Labute approximate surface area is 74.5 Å². The molecule has 0 radical (unpaired) electrons. The van der Waals surface area contributed by atoms with Crippen molar-refractivity contribution in [1.29, 1.82) is 0 Å². The molecule has 1 amide bonds. The van der Waals surface area contributed by atoms with Crippen LogP contribution in [-0.2, 0) is 4.79 Å². The first-order chi connectivity index (χ1) is 6.20. The predicted octanol–water partition coefficient (Wildman–Crippen LogP) is -0.155. The number of hydrogen-bond donors (Lipinski definition) is 0. The Kier molecular flexibility index (Phi) is 1.72. The second kappa shape index (κ2) is 2.76. The van der Waals surface area contributed by atoms with E-state index in [4.69, 9.17) is 4.52 Å². The molecule has 0 saturated carbocycles. The lowest BCUT2D eigenvalue weighted by molar-refractivity contribution is -0.130. The fraction of sp³-hybridized carbons (Fsp3) is 0.500. The molecule has 1 fully saturated rings. The van der Waals surface area contributed by atoms with Gasteiger partial charge in [-0.2, -0.15) is 4.74 Å². The second-order valence-electron chi connectivity index (χ2n) is 3.14. The average molecular weight is 182 g/mol. The number of amides is 1. The van der Waals surface area contributed by atoms with Gasteiger partial charge in [0.1, 0.15) is 6.26 Å². The molecule has 1 aliphatic rings. The largest absolute Gasteiger partial charge is 0.383 e. The number of likely N-dealkylation sites (tertiary alicyclic amines) is 1. The minimum atomic E-state index is -0.438. The monoisotopic (exact) mass is 182 g/mol. The van der Waals surface area contributed by atoms with Gasteiger partial charge < -0.3 is 9.42 Å². The molecule has 5 heteroatoms. The molecule has 1 atom stereocenters. The van der Waals surface area contributed by atoms with Crippen LogP contribution in [0, 0.1) is 0 Å². The Morgan fingerprint density at radius 2 is 2.31 bits per heavy atom. The van der Waals surface area contributed by atoms with E-state index in [0.717, 1.165) is 4.74 Å². The van der Waals surface area contributed by atoms with Crippen molar-refractivity contribution in [3.8, 4) is 0 Å². The van der Waals surface area contributed by atoms with E-state index in [1.165, 1.54) is 12.3 Å². The molecule has 5 nitrogen and oxygen atoms in total. The van der Waals surface area contributed by atoms with Crippen LogP contribution in [0.25, 0.3) is 0 Å². The second-order valence-corrected chi connectivity index (χ2v) is 3.14. The van der Waals surface area contributed by atoms with Gasteiger partial charge in [-0.15, -0.1) is 0 Å². The summed E-state index contributed by atoms with van der Waals surface area (Å²) in [5.41, 5.74) is -0.256. The lowest BCUT2D eigenvalue weighted by atomic mass is 10.2. The Bertz CT molecular complexity index is 379. The molecule has 13 heavy (non-hydrogen) atoms. The number of carbonyl (C=O) groups excluding carboxylic acids is 1. The molecule has 70 valence electrons. The molecule has 1 aromatic heterocycles. The standard InChI is InChI=1S/C8H10N2O3/c1-9-4-2-6(8(9)12)10-7(11)3-5-13-10/h3,5-6H,2,4H2,1H3. The van der Waals surface area contributed by atoms with Crippen LogP contribution in [0.15, 0.2) is 21.6 Å². The van der Waals surface area contributed by atoms with Crippen molar-refractivity contribution in [2.75, 3.05) is 13.6 Å². The van der Waals surface area contributed by atoms with Gasteiger partial charge >= 0.3 is 0 Å². The summed E-state index contributed by atoms with van der Waals surface area (Å²) in [6.45, 7) is 0.677. The van der Waals surface area contributed by atoms with E-state index in [2.05, 4.69) is 0 Å². The van der Waals surface area contributed by atoms with Crippen LogP contribution in [0.3, 0.4) is 0 Å². The zero-order valence-electron chi connectivity index (χ0n) is 7.27. The van der Waals surface area contributed by atoms with E-state index < -0.39 is 6.04 Å². The first kappa shape index (κ1) is 8.10. The van der Waals surface area contributed by atoms with Crippen LogP contribution in [-0.4, -0.2) is 29.1 Å². The first-order valence-corrected chi connectivity index (χ1v) is 4.11. The van der Waals surface area contributed by atoms with E-state index in [1.807, 2.05) is 0 Å². The molecule has 0 N–H and O–H groups in total. The lowest BCUT2D eigenvalue weighted by Crippen LogP contribution is -2.28. The van der Waals surface area contributed by atoms with Gasteiger partial charge in [0, 0.05) is 19.7 Å². The van der Waals surface area contributed by atoms with Gasteiger partial charge in [-0.25, -0.2) is 0 Å². The van der Waals surface area contributed by atoms with Gasteiger partial charge in [0.25, 0.3) is 5.56 Å². The maximum absolute atomic E-state index is 11.5. The fourth-order valence-electron chi connectivity index (χ4n) is 1.53. The summed E-state index contributed by atoms with van der Waals surface area (Å²) >= 11 is 0. The molecule has 1 aliphatic heterocycles. The Morgan fingerprint density at radius 3 is 2.77 bits per heavy atom. The summed E-state index contributed by atoms with van der Waals surface area (Å²) in [6.07, 6.45) is 1.94. The fourth-order valence-corrected chi connectivity index (χ4v) is 1.53. The highest BCUT2D eigenvalue weighted by Gasteiger charge is 2.32. The van der Waals surface area contributed by atoms with Crippen molar-refractivity contribution in [1.82, 2.24) is 9.64 Å². The number of hydrogen-bond acceptors (Lipinski definition) is 3. The van der Waals surface area contributed by atoms with Gasteiger partial charge in [-0.3, -0.25) is 9.59 Å². The van der Waals surface area contributed by atoms with Crippen molar-refractivity contribution in [3.63, 3.8) is 0 Å². The third-order valence-corrected chi connectivity index (χ3v) is 2.28. The summed E-state index contributed by atoms with van der Waals surface area (Å²) in [7, 11) is 1.72. The normalized spacial score (nSPS) is 22.7. The average Bonchev–Trinajstić information content (AvgIpc) is 2.62. The predicted molar refractivity (Wildman–Crippen MR) is 44.3 cm³/mol.